The van der Waals surface area contributed by atoms with E-state index >= 15 is 0 Å². The Morgan fingerprint density at radius 1 is 1.20 bits per heavy atom. The van der Waals surface area contributed by atoms with E-state index < -0.39 is 17.8 Å². The van der Waals surface area contributed by atoms with Crippen molar-refractivity contribution in [1.29, 1.82) is 0 Å². The Morgan fingerprint density at radius 2 is 1.85 bits per heavy atom. The van der Waals surface area contributed by atoms with Gasteiger partial charge in [0.05, 0.1) is 11.8 Å². The summed E-state index contributed by atoms with van der Waals surface area (Å²) in [6.07, 6.45) is 5.33. The van der Waals surface area contributed by atoms with Gasteiger partial charge in [-0.3, -0.25) is 14.4 Å². The van der Waals surface area contributed by atoms with Crippen LogP contribution in [0.4, 0.5) is 0 Å². The molecular weight excluding hydrogens is 260 g/mol. The monoisotopic (exact) mass is 280 g/mol. The lowest BCUT2D eigenvalue weighted by molar-refractivity contribution is -0.150. The van der Waals surface area contributed by atoms with Crippen LogP contribution in [0, 0.1) is 11.8 Å². The lowest BCUT2D eigenvalue weighted by atomic mass is 9.82. The number of carbonyl (C=O) groups is 3. The number of carboxylic acids is 1. The van der Waals surface area contributed by atoms with Crippen LogP contribution in [-0.2, 0) is 14.4 Å². The highest BCUT2D eigenvalue weighted by Crippen LogP contribution is 2.28. The second-order valence-corrected chi connectivity index (χ2v) is 5.46. The molecule has 1 aliphatic carbocycles. The number of rotatable bonds is 3. The fourth-order valence-corrected chi connectivity index (χ4v) is 2.96. The lowest BCUT2D eigenvalue weighted by Gasteiger charge is -2.28. The molecule has 0 aromatic carbocycles. The maximum atomic E-state index is 12.5. The molecule has 2 amide bonds. The maximum absolute atomic E-state index is 12.5. The van der Waals surface area contributed by atoms with Crippen molar-refractivity contribution >= 4 is 17.8 Å². The predicted molar refractivity (Wildman–Crippen MR) is 71.8 cm³/mol. The zero-order valence-corrected chi connectivity index (χ0v) is 11.5. The number of hydrogen-bond donors (Lipinski definition) is 2. The van der Waals surface area contributed by atoms with Gasteiger partial charge in [-0.05, 0) is 19.3 Å². The lowest BCUT2D eigenvalue weighted by Crippen LogP contribution is -2.42. The molecule has 2 aliphatic rings. The van der Waals surface area contributed by atoms with Crippen molar-refractivity contribution in [3.05, 3.63) is 12.2 Å². The van der Waals surface area contributed by atoms with Crippen molar-refractivity contribution < 1.29 is 19.5 Å². The second-order valence-electron chi connectivity index (χ2n) is 5.46. The first-order chi connectivity index (χ1) is 9.49. The standard InChI is InChI=1S/C14H20N2O4/c1-9(17)15-10-6-7-16(8-10)13(18)11-4-2-3-5-12(11)14(19)20/h2-3,10-12H,4-8H2,1H3,(H,15,17)(H,19,20)/t10?,11-,12+/m1/s1. The molecule has 6 nitrogen and oxygen atoms in total. The maximum Gasteiger partial charge on any atom is 0.307 e. The molecule has 0 aromatic heterocycles. The number of aliphatic carboxylic acids is 1. The van der Waals surface area contributed by atoms with Gasteiger partial charge in [0.1, 0.15) is 0 Å². The van der Waals surface area contributed by atoms with Gasteiger partial charge in [0.2, 0.25) is 11.8 Å². The first kappa shape index (κ1) is 14.6. The summed E-state index contributed by atoms with van der Waals surface area (Å²) >= 11 is 0. The molecule has 1 aliphatic heterocycles. The number of nitrogens with one attached hydrogen (secondary N) is 1. The first-order valence-corrected chi connectivity index (χ1v) is 6.92. The molecule has 2 rings (SSSR count). The highest BCUT2D eigenvalue weighted by Gasteiger charge is 2.38. The largest absolute Gasteiger partial charge is 0.481 e. The van der Waals surface area contributed by atoms with Gasteiger partial charge in [-0.1, -0.05) is 12.2 Å². The fourth-order valence-electron chi connectivity index (χ4n) is 2.96. The molecule has 2 N–H and O–H groups in total. The zero-order chi connectivity index (χ0) is 14.7. The van der Waals surface area contributed by atoms with E-state index in [0.29, 0.717) is 25.9 Å². The van der Waals surface area contributed by atoms with E-state index in [2.05, 4.69) is 5.32 Å². The number of carbonyl (C=O) groups excluding carboxylic acids is 2. The number of hydrogen-bond acceptors (Lipinski definition) is 3. The summed E-state index contributed by atoms with van der Waals surface area (Å²) in [4.78, 5) is 36.4. The molecular formula is C14H20N2O4. The van der Waals surface area contributed by atoms with Crippen molar-refractivity contribution in [3.63, 3.8) is 0 Å². The molecule has 1 unspecified atom stereocenters. The average Bonchev–Trinajstić information content (AvgIpc) is 2.85. The summed E-state index contributed by atoms with van der Waals surface area (Å²) in [7, 11) is 0. The minimum atomic E-state index is -0.912. The van der Waals surface area contributed by atoms with E-state index in [9.17, 15) is 19.5 Å². The Hall–Kier alpha value is -1.85. The molecule has 1 saturated heterocycles. The minimum Gasteiger partial charge on any atom is -0.481 e. The van der Waals surface area contributed by atoms with Crippen LogP contribution in [0.2, 0.25) is 0 Å². The van der Waals surface area contributed by atoms with Crippen molar-refractivity contribution in [1.82, 2.24) is 10.2 Å². The summed E-state index contributed by atoms with van der Waals surface area (Å²) < 4.78 is 0. The SMILES string of the molecule is CC(=O)NC1CCN(C(=O)[C@@H]2CC=CC[C@@H]2C(=O)O)C1. The summed E-state index contributed by atoms with van der Waals surface area (Å²) in [6.45, 7) is 2.51. The van der Waals surface area contributed by atoms with Gasteiger partial charge in [-0.2, -0.15) is 0 Å². The molecule has 0 spiro atoms. The van der Waals surface area contributed by atoms with Crippen molar-refractivity contribution in [2.75, 3.05) is 13.1 Å². The summed E-state index contributed by atoms with van der Waals surface area (Å²) in [6, 6.07) is -0.0149. The van der Waals surface area contributed by atoms with Gasteiger partial charge in [0.15, 0.2) is 0 Å². The number of allylic oxidation sites excluding steroid dienone is 2. The second kappa shape index (κ2) is 6.07. The predicted octanol–water partition coefficient (Wildman–Crippen LogP) is 0.390. The van der Waals surface area contributed by atoms with Gasteiger partial charge >= 0.3 is 5.97 Å². The Labute approximate surface area is 117 Å². The molecule has 110 valence electrons. The van der Waals surface area contributed by atoms with Crippen molar-refractivity contribution in [3.8, 4) is 0 Å². The molecule has 1 fully saturated rings. The third-order valence-corrected chi connectivity index (χ3v) is 3.97. The third kappa shape index (κ3) is 3.18. The van der Waals surface area contributed by atoms with Crippen LogP contribution in [0.1, 0.15) is 26.2 Å². The molecule has 0 saturated carbocycles. The average molecular weight is 280 g/mol. The number of likely N-dealkylation sites (tertiary alicyclic amines) is 1. The first-order valence-electron chi connectivity index (χ1n) is 6.92. The van der Waals surface area contributed by atoms with Crippen LogP contribution in [0.3, 0.4) is 0 Å². The van der Waals surface area contributed by atoms with E-state index in [0.717, 1.165) is 6.42 Å². The van der Waals surface area contributed by atoms with Crippen molar-refractivity contribution in [2.24, 2.45) is 11.8 Å². The molecule has 1 heterocycles. The topological polar surface area (TPSA) is 86.7 Å². The smallest absolute Gasteiger partial charge is 0.307 e. The van der Waals surface area contributed by atoms with Crippen LogP contribution in [0.25, 0.3) is 0 Å². The third-order valence-electron chi connectivity index (χ3n) is 3.97. The van der Waals surface area contributed by atoms with Crippen LogP contribution in [-0.4, -0.2) is 46.9 Å². The van der Waals surface area contributed by atoms with Gasteiger partial charge in [0.25, 0.3) is 0 Å². The highest BCUT2D eigenvalue weighted by molar-refractivity contribution is 5.85. The van der Waals surface area contributed by atoms with Crippen LogP contribution >= 0.6 is 0 Å². The highest BCUT2D eigenvalue weighted by atomic mass is 16.4. The van der Waals surface area contributed by atoms with E-state index in [1.165, 1.54) is 6.92 Å². The summed E-state index contributed by atoms with van der Waals surface area (Å²) in [5.41, 5.74) is 0. The van der Waals surface area contributed by atoms with E-state index in [1.807, 2.05) is 12.2 Å². The quantitative estimate of drug-likeness (QED) is 0.732. The van der Waals surface area contributed by atoms with Crippen LogP contribution in [0.15, 0.2) is 12.2 Å². The van der Waals surface area contributed by atoms with Crippen LogP contribution < -0.4 is 5.32 Å². The van der Waals surface area contributed by atoms with Gasteiger partial charge in [-0.15, -0.1) is 0 Å². The zero-order valence-electron chi connectivity index (χ0n) is 11.5. The van der Waals surface area contributed by atoms with Gasteiger partial charge < -0.3 is 15.3 Å². The normalized spacial score (nSPS) is 29.2. The minimum absolute atomic E-state index is 0.0149. The van der Waals surface area contributed by atoms with E-state index in [-0.39, 0.29) is 17.9 Å². The van der Waals surface area contributed by atoms with Crippen molar-refractivity contribution in [2.45, 2.75) is 32.2 Å². The summed E-state index contributed by atoms with van der Waals surface area (Å²) in [5.74, 6) is -2.23. The number of carboxylic acid groups (broad SMARTS) is 1. The van der Waals surface area contributed by atoms with Crippen LogP contribution in [0.5, 0.6) is 0 Å². The Kier molecular flexibility index (Phi) is 4.42. The summed E-state index contributed by atoms with van der Waals surface area (Å²) in [5, 5.41) is 12.0. The van der Waals surface area contributed by atoms with E-state index in [1.54, 1.807) is 4.90 Å². The molecule has 0 aromatic rings. The Morgan fingerprint density at radius 3 is 2.45 bits per heavy atom. The molecule has 0 bridgehead atoms. The molecule has 20 heavy (non-hydrogen) atoms. The Bertz CT molecular complexity index is 446. The molecule has 0 radical (unpaired) electrons. The van der Waals surface area contributed by atoms with Gasteiger partial charge in [0, 0.05) is 26.1 Å². The fraction of sp³-hybridized carbons (Fsp3) is 0.643. The van der Waals surface area contributed by atoms with Gasteiger partial charge in [-0.25, -0.2) is 0 Å². The van der Waals surface area contributed by atoms with E-state index in [4.69, 9.17) is 0 Å². The Balaban J connectivity index is 1.99. The number of nitrogens with zero attached hydrogens (tertiary/aromatic N) is 1. The molecule has 3 atom stereocenters. The molecule has 6 heteroatoms. The number of amides is 2.